The van der Waals surface area contributed by atoms with Gasteiger partial charge in [-0.15, -0.1) is 0 Å². The predicted molar refractivity (Wildman–Crippen MR) is 74.9 cm³/mol. The molecule has 5 heteroatoms. The maximum Gasteiger partial charge on any atom is 0.250 e. The van der Waals surface area contributed by atoms with Crippen molar-refractivity contribution in [3.63, 3.8) is 0 Å². The maximum absolute atomic E-state index is 11.3. The summed E-state index contributed by atoms with van der Waals surface area (Å²) in [6.45, 7) is 2.56. The van der Waals surface area contributed by atoms with E-state index in [-0.39, 0.29) is 0 Å². The van der Waals surface area contributed by atoms with Crippen LogP contribution in [-0.4, -0.2) is 13.0 Å². The highest BCUT2D eigenvalue weighted by Crippen LogP contribution is 2.27. The number of nitrogen functional groups attached to an aromatic ring is 1. The molecule has 5 nitrogen and oxygen atoms in total. The van der Waals surface area contributed by atoms with E-state index in [0.29, 0.717) is 17.8 Å². The third kappa shape index (κ3) is 2.54. The fourth-order valence-electron chi connectivity index (χ4n) is 2.02. The van der Waals surface area contributed by atoms with Gasteiger partial charge in [0.25, 0.3) is 5.91 Å². The Morgan fingerprint density at radius 3 is 2.68 bits per heavy atom. The van der Waals surface area contributed by atoms with E-state index in [9.17, 15) is 4.79 Å². The van der Waals surface area contributed by atoms with Crippen LogP contribution in [0.4, 0.5) is 11.4 Å². The predicted octanol–water partition coefficient (Wildman–Crippen LogP) is 1.91. The fourth-order valence-corrected chi connectivity index (χ4v) is 2.02. The molecule has 0 spiro atoms. The van der Waals surface area contributed by atoms with E-state index in [1.165, 1.54) is 0 Å². The lowest BCUT2D eigenvalue weighted by molar-refractivity contribution is 0.100. The molecule has 19 heavy (non-hydrogen) atoms. The number of para-hydroxylation sites is 1. The van der Waals surface area contributed by atoms with Gasteiger partial charge in [-0.25, -0.2) is 0 Å². The summed E-state index contributed by atoms with van der Waals surface area (Å²) in [5.41, 5.74) is 13.9. The summed E-state index contributed by atoms with van der Waals surface area (Å²) >= 11 is 0. The average Bonchev–Trinajstić information content (AvgIpc) is 2.74. The second kappa shape index (κ2) is 5.06. The zero-order valence-electron chi connectivity index (χ0n) is 11.0. The van der Waals surface area contributed by atoms with Crippen LogP contribution in [0.2, 0.25) is 0 Å². The molecule has 0 unspecified atom stereocenters. The number of amides is 1. The van der Waals surface area contributed by atoms with E-state index < -0.39 is 5.91 Å². The number of aryl methyl sites for hydroxylation is 1. The molecule has 2 rings (SSSR count). The molecular formula is C14H17N3O2. The Bertz CT molecular complexity index is 604. The third-order valence-corrected chi connectivity index (χ3v) is 3.13. The molecule has 2 aromatic rings. The summed E-state index contributed by atoms with van der Waals surface area (Å²) in [4.78, 5) is 13.2. The van der Waals surface area contributed by atoms with Crippen molar-refractivity contribution in [3.05, 3.63) is 47.4 Å². The second-order valence-corrected chi connectivity index (χ2v) is 4.46. The van der Waals surface area contributed by atoms with Gasteiger partial charge in [-0.05, 0) is 25.1 Å². The van der Waals surface area contributed by atoms with Crippen molar-refractivity contribution in [2.75, 3.05) is 17.7 Å². The van der Waals surface area contributed by atoms with Gasteiger partial charge in [-0.1, -0.05) is 6.07 Å². The molecule has 0 aliphatic rings. The number of carbonyl (C=O) groups is 1. The lowest BCUT2D eigenvalue weighted by atomic mass is 10.1. The van der Waals surface area contributed by atoms with Crippen molar-refractivity contribution < 1.29 is 9.21 Å². The molecule has 1 amide bonds. The van der Waals surface area contributed by atoms with Crippen LogP contribution < -0.4 is 16.4 Å². The zero-order valence-corrected chi connectivity index (χ0v) is 11.0. The minimum atomic E-state index is -0.521. The van der Waals surface area contributed by atoms with Gasteiger partial charge < -0.3 is 20.8 Å². The second-order valence-electron chi connectivity index (χ2n) is 4.46. The molecule has 0 saturated heterocycles. The summed E-state index contributed by atoms with van der Waals surface area (Å²) in [5, 5.41) is 0. The molecule has 100 valence electrons. The molecule has 0 aliphatic heterocycles. The van der Waals surface area contributed by atoms with Crippen LogP contribution in [0.1, 0.15) is 21.7 Å². The first-order valence-corrected chi connectivity index (χ1v) is 5.93. The monoisotopic (exact) mass is 259 g/mol. The summed E-state index contributed by atoms with van der Waals surface area (Å²) in [6.07, 6.45) is 1.65. The average molecular weight is 259 g/mol. The van der Waals surface area contributed by atoms with Gasteiger partial charge in [-0.3, -0.25) is 4.79 Å². The first kappa shape index (κ1) is 13.0. The van der Waals surface area contributed by atoms with Crippen LogP contribution in [0.25, 0.3) is 0 Å². The smallest absolute Gasteiger partial charge is 0.250 e. The Hall–Kier alpha value is -2.43. The van der Waals surface area contributed by atoms with E-state index in [1.807, 2.05) is 31.0 Å². The van der Waals surface area contributed by atoms with Gasteiger partial charge in [-0.2, -0.15) is 0 Å². The lowest BCUT2D eigenvalue weighted by Gasteiger charge is -2.21. The number of carbonyl (C=O) groups excluding carboxylic acids is 1. The first-order valence-electron chi connectivity index (χ1n) is 5.93. The van der Waals surface area contributed by atoms with Gasteiger partial charge in [0.05, 0.1) is 23.2 Å². The van der Waals surface area contributed by atoms with Gasteiger partial charge >= 0.3 is 0 Å². The lowest BCUT2D eigenvalue weighted by Crippen LogP contribution is -2.20. The molecule has 0 saturated carbocycles. The Kier molecular flexibility index (Phi) is 3.46. The van der Waals surface area contributed by atoms with Crippen molar-refractivity contribution in [3.8, 4) is 0 Å². The van der Waals surface area contributed by atoms with E-state index in [2.05, 4.69) is 0 Å². The number of benzene rings is 1. The van der Waals surface area contributed by atoms with Crippen LogP contribution >= 0.6 is 0 Å². The van der Waals surface area contributed by atoms with Crippen LogP contribution in [0.5, 0.6) is 0 Å². The Balaban J connectivity index is 2.29. The van der Waals surface area contributed by atoms with E-state index in [4.69, 9.17) is 15.9 Å². The van der Waals surface area contributed by atoms with Crippen molar-refractivity contribution in [1.82, 2.24) is 0 Å². The number of anilines is 2. The van der Waals surface area contributed by atoms with E-state index in [0.717, 1.165) is 17.0 Å². The summed E-state index contributed by atoms with van der Waals surface area (Å²) in [5.74, 6) is 0.351. The zero-order chi connectivity index (χ0) is 14.0. The minimum Gasteiger partial charge on any atom is -0.469 e. The van der Waals surface area contributed by atoms with E-state index >= 15 is 0 Å². The molecular weight excluding hydrogens is 242 g/mol. The normalized spacial score (nSPS) is 10.4. The number of hydrogen-bond acceptors (Lipinski definition) is 4. The largest absolute Gasteiger partial charge is 0.469 e. The Morgan fingerprint density at radius 1 is 1.37 bits per heavy atom. The fraction of sp³-hybridized carbons (Fsp3) is 0.214. The van der Waals surface area contributed by atoms with Gasteiger partial charge in [0.15, 0.2) is 0 Å². The van der Waals surface area contributed by atoms with Crippen molar-refractivity contribution in [2.45, 2.75) is 13.5 Å². The number of primary amides is 1. The number of hydrogen-bond donors (Lipinski definition) is 2. The molecule has 1 heterocycles. The van der Waals surface area contributed by atoms with Gasteiger partial charge in [0.2, 0.25) is 0 Å². The number of nitrogens with zero attached hydrogens (tertiary/aromatic N) is 1. The Morgan fingerprint density at radius 2 is 2.11 bits per heavy atom. The van der Waals surface area contributed by atoms with Crippen LogP contribution in [-0.2, 0) is 6.54 Å². The highest BCUT2D eigenvalue weighted by molar-refractivity contribution is 6.00. The van der Waals surface area contributed by atoms with Gasteiger partial charge in [0, 0.05) is 19.2 Å². The SMILES string of the molecule is Cc1occc1CN(C)c1cccc(C(N)=O)c1N. The van der Waals surface area contributed by atoms with Crippen LogP contribution in [0.15, 0.2) is 34.9 Å². The van der Waals surface area contributed by atoms with Crippen LogP contribution in [0.3, 0.4) is 0 Å². The molecule has 0 radical (unpaired) electrons. The van der Waals surface area contributed by atoms with Crippen molar-refractivity contribution in [1.29, 1.82) is 0 Å². The third-order valence-electron chi connectivity index (χ3n) is 3.13. The number of nitrogens with two attached hydrogens (primary N) is 2. The minimum absolute atomic E-state index is 0.341. The molecule has 1 aromatic carbocycles. The quantitative estimate of drug-likeness (QED) is 0.821. The summed E-state index contributed by atoms with van der Waals surface area (Å²) in [7, 11) is 1.91. The Labute approximate surface area is 111 Å². The summed E-state index contributed by atoms with van der Waals surface area (Å²) in [6, 6.07) is 7.17. The standard InChI is InChI=1S/C14H17N3O2/c1-9-10(6-7-19-9)8-17(2)12-5-3-4-11(13(12)15)14(16)18/h3-7H,8,15H2,1-2H3,(H2,16,18). The first-order chi connectivity index (χ1) is 9.00. The van der Waals surface area contributed by atoms with E-state index in [1.54, 1.807) is 18.4 Å². The molecule has 0 bridgehead atoms. The highest BCUT2D eigenvalue weighted by Gasteiger charge is 2.13. The topological polar surface area (TPSA) is 85.5 Å². The van der Waals surface area contributed by atoms with Crippen molar-refractivity contribution in [2.24, 2.45) is 5.73 Å². The molecule has 0 fully saturated rings. The molecule has 4 N–H and O–H groups in total. The highest BCUT2D eigenvalue weighted by atomic mass is 16.3. The molecule has 0 aliphatic carbocycles. The number of furan rings is 1. The maximum atomic E-state index is 11.3. The summed E-state index contributed by atoms with van der Waals surface area (Å²) < 4.78 is 5.26. The van der Waals surface area contributed by atoms with Gasteiger partial charge in [0.1, 0.15) is 5.76 Å². The number of rotatable bonds is 4. The van der Waals surface area contributed by atoms with Crippen LogP contribution in [0, 0.1) is 6.92 Å². The molecule has 0 atom stereocenters. The van der Waals surface area contributed by atoms with Crippen molar-refractivity contribution >= 4 is 17.3 Å². The molecule has 1 aromatic heterocycles.